The number of hydrogen-bond acceptors (Lipinski definition) is 2. The van der Waals surface area contributed by atoms with E-state index < -0.39 is 0 Å². The zero-order valence-corrected chi connectivity index (χ0v) is 14.0. The average molecular weight is 321 g/mol. The monoisotopic (exact) mass is 321 g/mol. The fraction of sp³-hybridized carbons (Fsp3) is 0.381. The number of likely N-dealkylation sites (tertiary alicyclic amines) is 1. The molecule has 1 aliphatic carbocycles. The van der Waals surface area contributed by atoms with Gasteiger partial charge in [-0.2, -0.15) is 0 Å². The van der Waals surface area contributed by atoms with Crippen molar-refractivity contribution in [2.45, 2.75) is 32.3 Å². The molecule has 3 heteroatoms. The number of piperidine rings is 1. The lowest BCUT2D eigenvalue weighted by atomic mass is 9.93. The van der Waals surface area contributed by atoms with Crippen LogP contribution in [0.4, 0.5) is 0 Å². The molecular formula is C21H23NO2. The van der Waals surface area contributed by atoms with Gasteiger partial charge in [0.1, 0.15) is 0 Å². The number of fused-ring (bicyclic) bond motifs is 3. The van der Waals surface area contributed by atoms with Crippen molar-refractivity contribution >= 4 is 5.91 Å². The molecule has 1 saturated heterocycles. The molecule has 4 rings (SSSR count). The maximum absolute atomic E-state index is 12.9. The van der Waals surface area contributed by atoms with Crippen LogP contribution in [-0.2, 0) is 6.42 Å². The number of hydrogen-bond donors (Lipinski definition) is 1. The van der Waals surface area contributed by atoms with Crippen LogP contribution < -0.4 is 0 Å². The highest BCUT2D eigenvalue weighted by molar-refractivity contribution is 5.95. The smallest absolute Gasteiger partial charge is 0.253 e. The van der Waals surface area contributed by atoms with Crippen molar-refractivity contribution in [3.63, 3.8) is 0 Å². The van der Waals surface area contributed by atoms with Crippen LogP contribution in [0.15, 0.2) is 42.5 Å². The molecule has 1 N–H and O–H groups in total. The second-order valence-corrected chi connectivity index (χ2v) is 7.10. The molecule has 2 aromatic rings. The standard InChI is InChI=1S/C21H23NO2/c1-14(23)17-6-4-10-22(13-17)21(24)16-8-9-20-18(12-16)11-15-5-2-3-7-19(15)20/h2-3,5,7-9,12,14,17,23H,4,6,10-11,13H2,1H3. The van der Waals surface area contributed by atoms with Crippen LogP contribution in [-0.4, -0.2) is 35.1 Å². The van der Waals surface area contributed by atoms with E-state index in [2.05, 4.69) is 36.4 Å². The van der Waals surface area contributed by atoms with Crippen LogP contribution in [0.5, 0.6) is 0 Å². The van der Waals surface area contributed by atoms with Crippen molar-refractivity contribution in [2.24, 2.45) is 5.92 Å². The maximum Gasteiger partial charge on any atom is 0.253 e. The molecule has 0 spiro atoms. The highest BCUT2D eigenvalue weighted by atomic mass is 16.3. The third kappa shape index (κ3) is 2.63. The molecule has 0 bridgehead atoms. The minimum Gasteiger partial charge on any atom is -0.393 e. The molecule has 1 fully saturated rings. The zero-order valence-electron chi connectivity index (χ0n) is 14.0. The Bertz CT molecular complexity index is 781. The first-order chi connectivity index (χ1) is 11.6. The van der Waals surface area contributed by atoms with Crippen LogP contribution >= 0.6 is 0 Å². The summed E-state index contributed by atoms with van der Waals surface area (Å²) in [7, 11) is 0. The van der Waals surface area contributed by atoms with Crippen LogP contribution in [0.2, 0.25) is 0 Å². The van der Waals surface area contributed by atoms with E-state index >= 15 is 0 Å². The van der Waals surface area contributed by atoms with Gasteiger partial charge in [-0.1, -0.05) is 30.3 Å². The van der Waals surface area contributed by atoms with E-state index in [-0.39, 0.29) is 17.9 Å². The number of aliphatic hydroxyl groups is 1. The van der Waals surface area contributed by atoms with Crippen molar-refractivity contribution < 1.29 is 9.90 Å². The quantitative estimate of drug-likeness (QED) is 0.785. The molecule has 24 heavy (non-hydrogen) atoms. The zero-order chi connectivity index (χ0) is 16.7. The topological polar surface area (TPSA) is 40.5 Å². The number of benzene rings is 2. The Morgan fingerprint density at radius 3 is 2.79 bits per heavy atom. The second-order valence-electron chi connectivity index (χ2n) is 7.10. The largest absolute Gasteiger partial charge is 0.393 e. The van der Waals surface area contributed by atoms with E-state index in [1.807, 2.05) is 17.9 Å². The lowest BCUT2D eigenvalue weighted by molar-refractivity contribution is 0.0466. The Morgan fingerprint density at radius 2 is 1.96 bits per heavy atom. The molecule has 0 aromatic heterocycles. The van der Waals surface area contributed by atoms with Gasteiger partial charge in [-0.15, -0.1) is 0 Å². The van der Waals surface area contributed by atoms with Gasteiger partial charge in [0.15, 0.2) is 0 Å². The molecule has 0 saturated carbocycles. The van der Waals surface area contributed by atoms with Crippen LogP contribution in [0.1, 0.15) is 41.3 Å². The van der Waals surface area contributed by atoms with Gasteiger partial charge in [0.05, 0.1) is 6.10 Å². The van der Waals surface area contributed by atoms with Gasteiger partial charge in [0.25, 0.3) is 5.91 Å². The van der Waals surface area contributed by atoms with Crippen molar-refractivity contribution in [2.75, 3.05) is 13.1 Å². The summed E-state index contributed by atoms with van der Waals surface area (Å²) in [6.07, 6.45) is 2.52. The third-order valence-corrected chi connectivity index (χ3v) is 5.47. The van der Waals surface area contributed by atoms with E-state index in [1.165, 1.54) is 22.3 Å². The summed E-state index contributed by atoms with van der Waals surface area (Å²) in [5, 5.41) is 9.84. The molecule has 1 heterocycles. The SMILES string of the molecule is CC(O)C1CCCN(C(=O)c2ccc3c(c2)Cc2ccccc2-3)C1. The van der Waals surface area contributed by atoms with Gasteiger partial charge >= 0.3 is 0 Å². The van der Waals surface area contributed by atoms with Gasteiger partial charge in [-0.05, 0) is 60.6 Å². The molecular weight excluding hydrogens is 298 g/mol. The van der Waals surface area contributed by atoms with E-state index in [0.717, 1.165) is 31.4 Å². The van der Waals surface area contributed by atoms with Crippen LogP contribution in [0, 0.1) is 5.92 Å². The van der Waals surface area contributed by atoms with Crippen molar-refractivity contribution in [3.05, 3.63) is 59.2 Å². The summed E-state index contributed by atoms with van der Waals surface area (Å²) < 4.78 is 0. The number of aliphatic hydroxyl groups excluding tert-OH is 1. The summed E-state index contributed by atoms with van der Waals surface area (Å²) in [6.45, 7) is 3.28. The Kier molecular flexibility index (Phi) is 3.89. The summed E-state index contributed by atoms with van der Waals surface area (Å²) in [6, 6.07) is 14.6. The normalized spacial score (nSPS) is 20.4. The molecule has 1 amide bonds. The third-order valence-electron chi connectivity index (χ3n) is 5.47. The summed E-state index contributed by atoms with van der Waals surface area (Å²) in [5.41, 5.74) is 5.89. The number of carbonyl (C=O) groups is 1. The van der Waals surface area contributed by atoms with Gasteiger partial charge < -0.3 is 10.0 Å². The number of carbonyl (C=O) groups excluding carboxylic acids is 1. The Labute approximate surface area is 142 Å². The van der Waals surface area contributed by atoms with Crippen LogP contribution in [0.25, 0.3) is 11.1 Å². The maximum atomic E-state index is 12.9. The van der Waals surface area contributed by atoms with Gasteiger partial charge in [0, 0.05) is 24.6 Å². The first kappa shape index (κ1) is 15.4. The lowest BCUT2D eigenvalue weighted by Crippen LogP contribution is -2.42. The summed E-state index contributed by atoms with van der Waals surface area (Å²) in [5.74, 6) is 0.292. The second kappa shape index (κ2) is 6.06. The number of nitrogens with zero attached hydrogens (tertiary/aromatic N) is 1. The molecule has 2 aromatic carbocycles. The molecule has 0 radical (unpaired) electrons. The van der Waals surface area contributed by atoms with Gasteiger partial charge in [-0.3, -0.25) is 4.79 Å². The van der Waals surface area contributed by atoms with E-state index in [9.17, 15) is 9.90 Å². The Balaban J connectivity index is 1.58. The Hall–Kier alpha value is -2.13. The lowest BCUT2D eigenvalue weighted by Gasteiger charge is -2.34. The molecule has 2 atom stereocenters. The molecule has 1 aliphatic heterocycles. The highest BCUT2D eigenvalue weighted by Crippen LogP contribution is 2.37. The van der Waals surface area contributed by atoms with Crippen molar-refractivity contribution in [1.82, 2.24) is 4.90 Å². The summed E-state index contributed by atoms with van der Waals surface area (Å²) >= 11 is 0. The van der Waals surface area contributed by atoms with E-state index in [1.54, 1.807) is 0 Å². The first-order valence-corrected chi connectivity index (χ1v) is 8.82. The first-order valence-electron chi connectivity index (χ1n) is 8.82. The fourth-order valence-electron chi connectivity index (χ4n) is 4.05. The summed E-state index contributed by atoms with van der Waals surface area (Å²) in [4.78, 5) is 14.8. The average Bonchev–Trinajstić information content (AvgIpc) is 2.99. The molecule has 124 valence electrons. The van der Waals surface area contributed by atoms with E-state index in [4.69, 9.17) is 0 Å². The Morgan fingerprint density at radius 1 is 1.17 bits per heavy atom. The minimum absolute atomic E-state index is 0.0964. The molecule has 3 nitrogen and oxygen atoms in total. The van der Waals surface area contributed by atoms with Crippen molar-refractivity contribution in [1.29, 1.82) is 0 Å². The number of rotatable bonds is 2. The van der Waals surface area contributed by atoms with Gasteiger partial charge in [-0.25, -0.2) is 0 Å². The van der Waals surface area contributed by atoms with Crippen LogP contribution in [0.3, 0.4) is 0 Å². The highest BCUT2D eigenvalue weighted by Gasteiger charge is 2.28. The molecule has 2 aliphatic rings. The van der Waals surface area contributed by atoms with Gasteiger partial charge in [0.2, 0.25) is 0 Å². The predicted molar refractivity (Wildman–Crippen MR) is 95.0 cm³/mol. The fourth-order valence-corrected chi connectivity index (χ4v) is 4.05. The van der Waals surface area contributed by atoms with Crippen molar-refractivity contribution in [3.8, 4) is 11.1 Å². The van der Waals surface area contributed by atoms with E-state index in [0.29, 0.717) is 6.54 Å². The minimum atomic E-state index is -0.352. The predicted octanol–water partition coefficient (Wildman–Crippen LogP) is 3.49. The molecule has 2 unspecified atom stereocenters. The number of amides is 1.